The van der Waals surface area contributed by atoms with E-state index in [2.05, 4.69) is 15.0 Å². The Morgan fingerprint density at radius 3 is 2.03 bits per heavy atom. The number of aliphatic carboxylic acids is 1. The number of nitrogens with zero attached hydrogens (tertiary/aromatic N) is 1. The first-order valence-corrected chi connectivity index (χ1v) is 10.6. The van der Waals surface area contributed by atoms with Crippen molar-refractivity contribution in [2.45, 2.75) is 18.0 Å². The first-order chi connectivity index (χ1) is 15.4. The average Bonchev–Trinajstić information content (AvgIpc) is 2.74. The lowest BCUT2D eigenvalue weighted by atomic mass is 10.1. The van der Waals surface area contributed by atoms with Gasteiger partial charge >= 0.3 is 12.1 Å². The topological polar surface area (TPSA) is 125 Å². The third kappa shape index (κ3) is 7.61. The second-order valence-electron chi connectivity index (χ2n) is 6.42. The van der Waals surface area contributed by atoms with Gasteiger partial charge in [0.05, 0.1) is 4.90 Å². The smallest absolute Gasteiger partial charge is 0.475 e. The van der Waals surface area contributed by atoms with E-state index >= 15 is 0 Å². The summed E-state index contributed by atoms with van der Waals surface area (Å²) in [6.45, 7) is 1.86. The standard InChI is InChI=1S/C19H17N3O3S.C2HF3O2/c1-14-6-2-3-7-17(14)19(23)21-15-9-11-16(12-10-15)26(24,25)22-18-8-4-5-13-20-18;3-2(4,5)1(6)7/h2-13H,1H3,(H,20,22)(H,21,23);(H,6,7). The van der Waals surface area contributed by atoms with Gasteiger partial charge in [-0.3, -0.25) is 9.52 Å². The lowest BCUT2D eigenvalue weighted by molar-refractivity contribution is -0.192. The molecule has 3 N–H and O–H groups in total. The number of hydrogen-bond acceptors (Lipinski definition) is 5. The van der Waals surface area contributed by atoms with Crippen LogP contribution in [0.2, 0.25) is 0 Å². The predicted molar refractivity (Wildman–Crippen MR) is 114 cm³/mol. The Bertz CT molecular complexity index is 1220. The van der Waals surface area contributed by atoms with Gasteiger partial charge in [-0.1, -0.05) is 24.3 Å². The fraction of sp³-hybridized carbons (Fsp3) is 0.0952. The quantitative estimate of drug-likeness (QED) is 0.504. The number of rotatable bonds is 5. The summed E-state index contributed by atoms with van der Waals surface area (Å²) in [6.07, 6.45) is -3.58. The minimum atomic E-state index is -5.08. The van der Waals surface area contributed by atoms with E-state index in [-0.39, 0.29) is 16.6 Å². The van der Waals surface area contributed by atoms with Gasteiger partial charge < -0.3 is 10.4 Å². The van der Waals surface area contributed by atoms with Crippen LogP contribution in [0, 0.1) is 6.92 Å². The number of benzene rings is 2. The molecule has 174 valence electrons. The van der Waals surface area contributed by atoms with E-state index in [1.54, 1.807) is 42.5 Å². The van der Waals surface area contributed by atoms with Crippen LogP contribution in [0.15, 0.2) is 77.8 Å². The molecule has 33 heavy (non-hydrogen) atoms. The highest BCUT2D eigenvalue weighted by Gasteiger charge is 2.38. The molecule has 0 fully saturated rings. The highest BCUT2D eigenvalue weighted by Crippen LogP contribution is 2.18. The minimum Gasteiger partial charge on any atom is -0.475 e. The minimum absolute atomic E-state index is 0.0806. The summed E-state index contributed by atoms with van der Waals surface area (Å²) >= 11 is 0. The Kier molecular flexibility index (Phi) is 8.13. The normalized spacial score (nSPS) is 11.0. The van der Waals surface area contributed by atoms with E-state index < -0.39 is 22.2 Å². The molecule has 1 aromatic heterocycles. The zero-order chi connectivity index (χ0) is 24.6. The summed E-state index contributed by atoms with van der Waals surface area (Å²) in [6, 6.07) is 18.1. The van der Waals surface area contributed by atoms with Crippen LogP contribution in [0.4, 0.5) is 24.7 Å². The second kappa shape index (κ2) is 10.6. The van der Waals surface area contributed by atoms with Crippen molar-refractivity contribution in [2.75, 3.05) is 10.0 Å². The number of aromatic nitrogens is 1. The third-order valence-corrected chi connectivity index (χ3v) is 5.33. The maximum absolute atomic E-state index is 12.4. The Morgan fingerprint density at radius 2 is 1.52 bits per heavy atom. The van der Waals surface area contributed by atoms with Crippen LogP contribution in [0.1, 0.15) is 15.9 Å². The first-order valence-electron chi connectivity index (χ1n) is 9.11. The number of carbonyl (C=O) groups is 2. The molecule has 3 aromatic rings. The van der Waals surface area contributed by atoms with Crippen molar-refractivity contribution in [2.24, 2.45) is 0 Å². The number of alkyl halides is 3. The van der Waals surface area contributed by atoms with Gasteiger partial charge in [0.2, 0.25) is 0 Å². The molecular weight excluding hydrogens is 463 g/mol. The lowest BCUT2D eigenvalue weighted by Gasteiger charge is -2.10. The molecule has 12 heteroatoms. The van der Waals surface area contributed by atoms with Crippen LogP contribution in [-0.4, -0.2) is 36.6 Å². The number of anilines is 2. The number of carbonyl (C=O) groups excluding carboxylic acids is 1. The SMILES string of the molecule is Cc1ccccc1C(=O)Nc1ccc(S(=O)(=O)Nc2ccccn2)cc1.O=C(O)C(F)(F)F. The Balaban J connectivity index is 0.000000479. The van der Waals surface area contributed by atoms with E-state index in [1.165, 1.54) is 18.3 Å². The van der Waals surface area contributed by atoms with Crippen molar-refractivity contribution in [3.05, 3.63) is 84.1 Å². The van der Waals surface area contributed by atoms with E-state index in [0.717, 1.165) is 5.56 Å². The predicted octanol–water partition coefficient (Wildman–Crippen LogP) is 4.08. The van der Waals surface area contributed by atoms with E-state index in [4.69, 9.17) is 9.90 Å². The average molecular weight is 481 g/mol. The van der Waals surface area contributed by atoms with Gasteiger partial charge in [-0.15, -0.1) is 0 Å². The Morgan fingerprint density at radius 1 is 0.939 bits per heavy atom. The third-order valence-electron chi connectivity index (χ3n) is 3.96. The van der Waals surface area contributed by atoms with Gasteiger partial charge in [-0.25, -0.2) is 18.2 Å². The number of nitrogens with one attached hydrogen (secondary N) is 2. The molecule has 0 radical (unpaired) electrons. The van der Waals surface area contributed by atoms with Gasteiger partial charge in [0.15, 0.2) is 0 Å². The van der Waals surface area contributed by atoms with Crippen molar-refractivity contribution in [1.29, 1.82) is 0 Å². The fourth-order valence-electron chi connectivity index (χ4n) is 2.36. The molecule has 0 spiro atoms. The number of halogens is 3. The zero-order valence-electron chi connectivity index (χ0n) is 17.0. The van der Waals surface area contributed by atoms with Crippen LogP contribution >= 0.6 is 0 Å². The Labute approximate surface area is 187 Å². The van der Waals surface area contributed by atoms with Crippen LogP contribution < -0.4 is 10.0 Å². The van der Waals surface area contributed by atoms with Gasteiger partial charge in [0.25, 0.3) is 15.9 Å². The molecule has 0 aliphatic heterocycles. The molecular formula is C21H18F3N3O5S. The van der Waals surface area contributed by atoms with Crippen molar-refractivity contribution in [3.63, 3.8) is 0 Å². The summed E-state index contributed by atoms with van der Waals surface area (Å²) in [5, 5.41) is 9.89. The molecule has 1 amide bonds. The Hall–Kier alpha value is -3.93. The van der Waals surface area contributed by atoms with Crippen LogP contribution in [0.5, 0.6) is 0 Å². The molecule has 3 rings (SSSR count). The van der Waals surface area contributed by atoms with Crippen LogP contribution in [-0.2, 0) is 14.8 Å². The fourth-order valence-corrected chi connectivity index (χ4v) is 3.37. The highest BCUT2D eigenvalue weighted by molar-refractivity contribution is 7.92. The summed E-state index contributed by atoms with van der Waals surface area (Å²) in [4.78, 5) is 25.2. The molecule has 0 atom stereocenters. The molecule has 0 unspecified atom stereocenters. The summed E-state index contributed by atoms with van der Waals surface area (Å²) in [5.74, 6) is -2.76. The summed E-state index contributed by atoms with van der Waals surface area (Å²) in [5.41, 5.74) is 1.94. The highest BCUT2D eigenvalue weighted by atomic mass is 32.2. The van der Waals surface area contributed by atoms with Crippen molar-refractivity contribution >= 4 is 33.4 Å². The van der Waals surface area contributed by atoms with Gasteiger partial charge in [0, 0.05) is 17.4 Å². The molecule has 2 aromatic carbocycles. The molecule has 0 aliphatic rings. The number of pyridine rings is 1. The van der Waals surface area contributed by atoms with E-state index in [9.17, 15) is 26.4 Å². The van der Waals surface area contributed by atoms with Gasteiger partial charge in [-0.2, -0.15) is 13.2 Å². The number of aryl methyl sites for hydroxylation is 1. The lowest BCUT2D eigenvalue weighted by Crippen LogP contribution is -2.21. The maximum atomic E-state index is 12.4. The number of carboxylic acids is 1. The van der Waals surface area contributed by atoms with Crippen LogP contribution in [0.25, 0.3) is 0 Å². The zero-order valence-corrected chi connectivity index (χ0v) is 17.8. The first kappa shape index (κ1) is 25.3. The van der Waals surface area contributed by atoms with Crippen molar-refractivity contribution in [3.8, 4) is 0 Å². The molecule has 8 nitrogen and oxygen atoms in total. The summed E-state index contributed by atoms with van der Waals surface area (Å²) < 4.78 is 58.9. The number of sulfonamides is 1. The molecule has 0 aliphatic carbocycles. The largest absolute Gasteiger partial charge is 0.490 e. The maximum Gasteiger partial charge on any atom is 0.490 e. The van der Waals surface area contributed by atoms with Crippen molar-refractivity contribution in [1.82, 2.24) is 4.98 Å². The van der Waals surface area contributed by atoms with Crippen molar-refractivity contribution < 1.29 is 36.3 Å². The monoisotopic (exact) mass is 481 g/mol. The number of carboxylic acid groups (broad SMARTS) is 1. The van der Waals surface area contributed by atoms with E-state index in [0.29, 0.717) is 11.3 Å². The van der Waals surface area contributed by atoms with Crippen LogP contribution in [0.3, 0.4) is 0 Å². The second-order valence-corrected chi connectivity index (χ2v) is 8.10. The summed E-state index contributed by atoms with van der Waals surface area (Å²) in [7, 11) is -3.74. The number of hydrogen-bond donors (Lipinski definition) is 3. The van der Waals surface area contributed by atoms with Gasteiger partial charge in [-0.05, 0) is 55.0 Å². The molecule has 0 saturated heterocycles. The van der Waals surface area contributed by atoms with Gasteiger partial charge in [0.1, 0.15) is 5.82 Å². The van der Waals surface area contributed by atoms with E-state index in [1.807, 2.05) is 19.1 Å². The molecule has 0 saturated carbocycles. The molecule has 0 bridgehead atoms. The number of amides is 1. The molecule has 1 heterocycles.